The Morgan fingerprint density at radius 3 is 1.97 bits per heavy atom. The van der Waals surface area contributed by atoms with E-state index in [9.17, 15) is 0 Å². The maximum absolute atomic E-state index is 8.96. The third-order valence-electron chi connectivity index (χ3n) is 10.1. The lowest BCUT2D eigenvalue weighted by atomic mass is 9.87. The Balaban J connectivity index is 1.10. The Labute approximate surface area is 367 Å². The molecule has 8 aromatic carbocycles. The van der Waals surface area contributed by atoms with Crippen LogP contribution in [0.1, 0.15) is 33.1 Å². The number of aryl methyl sites for hydroxylation is 1. The van der Waals surface area contributed by atoms with Crippen LogP contribution in [0.15, 0.2) is 206 Å². The molecule has 0 saturated heterocycles. The number of aromatic nitrogens is 2. The molecule has 0 unspecified atom stereocenters. The van der Waals surface area contributed by atoms with E-state index in [0.717, 1.165) is 10.8 Å². The van der Waals surface area contributed by atoms with Crippen LogP contribution in [0.5, 0.6) is 11.5 Å². The zero-order valence-corrected chi connectivity index (χ0v) is 31.2. The van der Waals surface area contributed by atoms with Crippen LogP contribution < -0.4 is 10.1 Å². The second kappa shape index (κ2) is 15.3. The summed E-state index contributed by atoms with van der Waals surface area (Å²) in [6, 6.07) is 34.5. The van der Waals surface area contributed by atoms with Crippen LogP contribution in [0.3, 0.4) is 0 Å². The van der Waals surface area contributed by atoms with Gasteiger partial charge in [0, 0.05) is 59.8 Å². The van der Waals surface area contributed by atoms with Gasteiger partial charge >= 0.3 is 0 Å². The second-order valence-electron chi connectivity index (χ2n) is 13.7. The summed E-state index contributed by atoms with van der Waals surface area (Å²) in [7, 11) is 0. The van der Waals surface area contributed by atoms with Crippen molar-refractivity contribution in [2.45, 2.75) is 13.7 Å². The summed E-state index contributed by atoms with van der Waals surface area (Å²) < 4.78 is 147. The summed E-state index contributed by atoms with van der Waals surface area (Å²) >= 11 is 0. The van der Waals surface area contributed by atoms with Crippen LogP contribution in [-0.4, -0.2) is 9.55 Å². The van der Waals surface area contributed by atoms with Gasteiger partial charge in [0.15, 0.2) is 0 Å². The molecule has 0 spiro atoms. The molecule has 2 aromatic heterocycles. The molecule has 0 aliphatic carbocycles. The van der Waals surface area contributed by atoms with E-state index in [1.165, 1.54) is 6.20 Å². The smallest absolute Gasteiger partial charge is 0.141 e. The standard InChI is InChI=1S/C55H41N3O/c1-37-36-56-55(38(2)53(37)41-22-10-5-11-23-41)58-51-31-15-13-26-47(51)48-33-32-44(35-52(48)58)59-43-25-16-24-42(34-43)57-50-30-14-12-27-49(50)54-45(39-18-6-3-7-19-39)28-17-29-46(54)40-20-8-4-9-21-40/h3-36,57H,1-2H3/i1D3,2D3,3D,4D,6D,7D,8D,9D,18D,19D,20D,21D. The monoisotopic (exact) mass is 775 g/mol. The maximum Gasteiger partial charge on any atom is 0.141 e. The van der Waals surface area contributed by atoms with E-state index in [-0.39, 0.29) is 50.3 Å². The maximum atomic E-state index is 8.96. The van der Waals surface area contributed by atoms with Crippen LogP contribution >= 0.6 is 0 Å². The van der Waals surface area contributed by atoms with Crippen LogP contribution in [0.2, 0.25) is 0 Å². The number of hydrogen-bond acceptors (Lipinski definition) is 3. The fourth-order valence-corrected chi connectivity index (χ4v) is 7.59. The molecule has 10 aromatic rings. The van der Waals surface area contributed by atoms with Crippen LogP contribution in [0.4, 0.5) is 11.4 Å². The van der Waals surface area contributed by atoms with Gasteiger partial charge in [-0.3, -0.25) is 4.57 Å². The fourth-order valence-electron chi connectivity index (χ4n) is 7.59. The first-order chi connectivity index (χ1) is 35.7. The third-order valence-corrected chi connectivity index (χ3v) is 10.1. The predicted molar refractivity (Wildman–Crippen MR) is 246 cm³/mol. The molecule has 0 atom stereocenters. The van der Waals surface area contributed by atoms with Gasteiger partial charge < -0.3 is 10.1 Å². The number of fused-ring (bicyclic) bond motifs is 3. The molecule has 4 nitrogen and oxygen atoms in total. The normalized spacial score (nSPS) is 15.5. The van der Waals surface area contributed by atoms with Gasteiger partial charge in [0.2, 0.25) is 0 Å². The number of para-hydroxylation sites is 2. The third kappa shape index (κ3) is 6.71. The van der Waals surface area contributed by atoms with Crippen molar-refractivity contribution >= 4 is 33.2 Å². The number of rotatable bonds is 9. The van der Waals surface area contributed by atoms with E-state index in [1.54, 1.807) is 114 Å². The van der Waals surface area contributed by atoms with Crippen LogP contribution in [0, 0.1) is 13.7 Å². The molecule has 0 amide bonds. The highest BCUT2D eigenvalue weighted by Crippen LogP contribution is 2.44. The lowest BCUT2D eigenvalue weighted by Crippen LogP contribution is -2.03. The van der Waals surface area contributed by atoms with Gasteiger partial charge in [-0.1, -0.05) is 151 Å². The first-order valence-corrected chi connectivity index (χ1v) is 18.7. The van der Waals surface area contributed by atoms with Crippen molar-refractivity contribution in [3.05, 3.63) is 217 Å². The molecule has 4 heteroatoms. The first-order valence-electron chi connectivity index (χ1n) is 26.7. The van der Waals surface area contributed by atoms with Crippen molar-refractivity contribution in [2.75, 3.05) is 5.32 Å². The SMILES string of the molecule is [2H]c1c([2H])c([2H])c(-c2cccc(-c3c([2H])c([2H])c([2H])c([2H])c3[2H])c2-c2ccccc2Nc2cccc(Oc3ccc4c5ccccc5n(-c5ncc(C([2H])([2H])[2H])c(-c6ccccc6)c5C([2H])([2H])[2H])c4c3)c2)c([2H])c1[2H]. The fraction of sp³-hybridized carbons (Fsp3) is 0.0364. The zero-order valence-electron chi connectivity index (χ0n) is 47.2. The molecule has 282 valence electrons. The van der Waals surface area contributed by atoms with Crippen molar-refractivity contribution in [3.63, 3.8) is 0 Å². The quantitative estimate of drug-likeness (QED) is 0.159. The number of pyridine rings is 1. The summed E-state index contributed by atoms with van der Waals surface area (Å²) in [6.45, 7) is -5.52. The lowest BCUT2D eigenvalue weighted by molar-refractivity contribution is 0.483. The molecule has 10 rings (SSSR count). The molecule has 0 aliphatic heterocycles. The van der Waals surface area contributed by atoms with E-state index in [1.807, 2.05) is 30.3 Å². The molecule has 0 radical (unpaired) electrons. The van der Waals surface area contributed by atoms with E-state index < -0.39 is 74.1 Å². The molecule has 2 heterocycles. The van der Waals surface area contributed by atoms with Gasteiger partial charge in [0.05, 0.1) is 24.7 Å². The van der Waals surface area contributed by atoms with Gasteiger partial charge in [-0.25, -0.2) is 4.98 Å². The van der Waals surface area contributed by atoms with E-state index in [4.69, 9.17) is 26.7 Å². The largest absolute Gasteiger partial charge is 0.457 e. The van der Waals surface area contributed by atoms with Crippen molar-refractivity contribution in [2.24, 2.45) is 0 Å². The topological polar surface area (TPSA) is 39.1 Å². The van der Waals surface area contributed by atoms with Crippen molar-refractivity contribution < 1.29 is 26.7 Å². The van der Waals surface area contributed by atoms with Gasteiger partial charge in [0.1, 0.15) is 17.3 Å². The van der Waals surface area contributed by atoms with Crippen molar-refractivity contribution in [1.82, 2.24) is 9.55 Å². The van der Waals surface area contributed by atoms with Gasteiger partial charge in [-0.2, -0.15) is 0 Å². The highest BCUT2D eigenvalue weighted by molar-refractivity contribution is 6.09. The van der Waals surface area contributed by atoms with E-state index >= 15 is 0 Å². The molecule has 0 aliphatic rings. The Morgan fingerprint density at radius 1 is 0.542 bits per heavy atom. The second-order valence-corrected chi connectivity index (χ2v) is 13.7. The predicted octanol–water partition coefficient (Wildman–Crippen LogP) is 15.0. The van der Waals surface area contributed by atoms with Gasteiger partial charge in [0.25, 0.3) is 0 Å². The highest BCUT2D eigenvalue weighted by atomic mass is 16.5. The Kier molecular flexibility index (Phi) is 5.80. The molecular weight excluding hydrogens is 719 g/mol. The van der Waals surface area contributed by atoms with Crippen molar-refractivity contribution in [3.8, 4) is 61.8 Å². The van der Waals surface area contributed by atoms with Crippen LogP contribution in [-0.2, 0) is 0 Å². The number of nitrogens with one attached hydrogen (secondary N) is 1. The Hall–Kier alpha value is -7.69. The molecule has 59 heavy (non-hydrogen) atoms. The zero-order chi connectivity index (χ0) is 53.4. The first kappa shape index (κ1) is 22.3. The molecule has 0 fully saturated rings. The average Bonchev–Trinajstić information content (AvgIpc) is 3.72. The summed E-state index contributed by atoms with van der Waals surface area (Å²) in [5, 5.41) is 4.96. The summed E-state index contributed by atoms with van der Waals surface area (Å²) in [6.07, 6.45) is 1.22. The Morgan fingerprint density at radius 2 is 1.20 bits per heavy atom. The van der Waals surface area contributed by atoms with Gasteiger partial charge in [-0.05, 0) is 94.6 Å². The van der Waals surface area contributed by atoms with Crippen molar-refractivity contribution in [1.29, 1.82) is 0 Å². The minimum atomic E-state index is -2.82. The molecule has 1 N–H and O–H groups in total. The number of ether oxygens (including phenoxy) is 1. The average molecular weight is 776 g/mol. The van der Waals surface area contributed by atoms with E-state index in [0.29, 0.717) is 45.0 Å². The number of benzene rings is 8. The van der Waals surface area contributed by atoms with Gasteiger partial charge in [-0.15, -0.1) is 0 Å². The molecule has 0 bridgehead atoms. The summed E-state index contributed by atoms with van der Waals surface area (Å²) in [4.78, 5) is 4.63. The van der Waals surface area contributed by atoms with E-state index in [2.05, 4.69) is 10.3 Å². The molecule has 0 saturated carbocycles. The highest BCUT2D eigenvalue weighted by Gasteiger charge is 2.20. The van der Waals surface area contributed by atoms with Crippen LogP contribution in [0.25, 0.3) is 72.1 Å². The number of hydrogen-bond donors (Lipinski definition) is 1. The minimum absolute atomic E-state index is 0.0259. The lowest BCUT2D eigenvalue weighted by Gasteiger charge is -2.20. The Bertz CT molecular complexity index is 3800. The summed E-state index contributed by atoms with van der Waals surface area (Å²) in [5.74, 6) is 0.754. The number of anilines is 2. The number of nitrogens with zero attached hydrogens (tertiary/aromatic N) is 2. The minimum Gasteiger partial charge on any atom is -0.457 e. The summed E-state index contributed by atoms with van der Waals surface area (Å²) in [5.41, 5.74) is 2.76. The molecular formula is C55H41N3O.